The molecule has 0 aliphatic heterocycles. The van der Waals surface area contributed by atoms with Crippen LogP contribution in [0.3, 0.4) is 0 Å². The number of alkyl halides is 1. The van der Waals surface area contributed by atoms with E-state index in [2.05, 4.69) is 49.3 Å². The Morgan fingerprint density at radius 2 is 1.00 bits per heavy atom. The molecule has 0 aromatic rings. The maximum atomic E-state index is 5.89. The zero-order chi connectivity index (χ0) is 21.6. The van der Waals surface area contributed by atoms with Gasteiger partial charge in [-0.15, -0.1) is 6.42 Å². The van der Waals surface area contributed by atoms with Crippen LogP contribution in [0.1, 0.15) is 136 Å². The van der Waals surface area contributed by atoms with E-state index in [0.717, 1.165) is 6.54 Å². The van der Waals surface area contributed by atoms with E-state index in [1.54, 1.807) is 0 Å². The molecule has 0 radical (unpaired) electrons. The normalized spacial score (nSPS) is 12.8. The Labute approximate surface area is 198 Å². The summed E-state index contributed by atoms with van der Waals surface area (Å²) in [6.45, 7) is 10.4. The summed E-state index contributed by atoms with van der Waals surface area (Å²) in [5, 5.41) is 0. The number of rotatable bonds is 22. The summed E-state index contributed by atoms with van der Waals surface area (Å²) in [4.78, 5) is 0. The van der Waals surface area contributed by atoms with Crippen LogP contribution in [-0.4, -0.2) is 28.2 Å². The standard InChI is InChI=1S/C27H53IN/c1-5-9-12-15-16-17-18-19-20-23-27(28)29(24-8-4,25-21-13-10-6-2)26-22-14-11-7-3/h4,27H,5-7,9-26H2,1-3H3/q+1. The number of quaternary nitrogens is 1. The third-order valence-corrected chi connectivity index (χ3v) is 8.26. The predicted molar refractivity (Wildman–Crippen MR) is 142 cm³/mol. The fraction of sp³-hybridized carbons (Fsp3) is 0.926. The summed E-state index contributed by atoms with van der Waals surface area (Å²) in [5.41, 5.74) is 0. The molecular formula is C27H53IN+. The molecule has 0 N–H and O–H groups in total. The zero-order valence-electron chi connectivity index (χ0n) is 20.3. The number of hydrogen-bond acceptors (Lipinski definition) is 0. The van der Waals surface area contributed by atoms with Gasteiger partial charge in [-0.25, -0.2) is 0 Å². The fourth-order valence-corrected chi connectivity index (χ4v) is 5.63. The van der Waals surface area contributed by atoms with Gasteiger partial charge >= 0.3 is 0 Å². The molecule has 0 rings (SSSR count). The molecule has 0 aromatic carbocycles. The second-order valence-electron chi connectivity index (χ2n) is 9.20. The third kappa shape index (κ3) is 15.7. The minimum atomic E-state index is 0.691. The van der Waals surface area contributed by atoms with Gasteiger partial charge in [-0.05, 0) is 60.6 Å². The molecule has 0 saturated carbocycles. The molecule has 0 aliphatic carbocycles. The molecule has 1 atom stereocenters. The van der Waals surface area contributed by atoms with E-state index in [1.165, 1.54) is 133 Å². The van der Waals surface area contributed by atoms with Crippen molar-refractivity contribution in [1.29, 1.82) is 0 Å². The van der Waals surface area contributed by atoms with Crippen LogP contribution in [0.5, 0.6) is 0 Å². The molecule has 0 bridgehead atoms. The SMILES string of the molecule is C#CC[N+](CCCCCC)(CCCCCC)C(I)CCCCCCCCCCC. The number of unbranched alkanes of at least 4 members (excludes halogenated alkanes) is 14. The molecule has 1 nitrogen and oxygen atoms in total. The molecule has 0 fully saturated rings. The van der Waals surface area contributed by atoms with Crippen LogP contribution in [0.25, 0.3) is 0 Å². The van der Waals surface area contributed by atoms with Gasteiger partial charge in [0.2, 0.25) is 0 Å². The molecular weight excluding hydrogens is 465 g/mol. The molecule has 0 aliphatic rings. The van der Waals surface area contributed by atoms with E-state index >= 15 is 0 Å². The van der Waals surface area contributed by atoms with Crippen molar-refractivity contribution in [3.63, 3.8) is 0 Å². The number of hydrogen-bond donors (Lipinski definition) is 0. The Morgan fingerprint density at radius 1 is 0.621 bits per heavy atom. The van der Waals surface area contributed by atoms with Crippen molar-refractivity contribution in [3.05, 3.63) is 0 Å². The summed E-state index contributed by atoms with van der Waals surface area (Å²) in [5.74, 6) is 3.07. The lowest BCUT2D eigenvalue weighted by Crippen LogP contribution is -2.54. The first-order valence-electron chi connectivity index (χ1n) is 13.1. The summed E-state index contributed by atoms with van der Waals surface area (Å²) >= 11 is 2.76. The highest BCUT2D eigenvalue weighted by molar-refractivity contribution is 14.1. The van der Waals surface area contributed by atoms with Gasteiger partial charge in [-0.2, -0.15) is 0 Å². The van der Waals surface area contributed by atoms with E-state index in [4.69, 9.17) is 6.42 Å². The van der Waals surface area contributed by atoms with E-state index in [-0.39, 0.29) is 0 Å². The zero-order valence-corrected chi connectivity index (χ0v) is 22.5. The average molecular weight is 519 g/mol. The maximum Gasteiger partial charge on any atom is 0.141 e. The van der Waals surface area contributed by atoms with Crippen molar-refractivity contribution in [2.24, 2.45) is 0 Å². The van der Waals surface area contributed by atoms with Crippen molar-refractivity contribution >= 4 is 22.6 Å². The Morgan fingerprint density at radius 3 is 1.41 bits per heavy atom. The Bertz CT molecular complexity index is 361. The Balaban J connectivity index is 4.44. The van der Waals surface area contributed by atoms with Crippen molar-refractivity contribution in [2.75, 3.05) is 19.6 Å². The average Bonchev–Trinajstić information content (AvgIpc) is 2.72. The van der Waals surface area contributed by atoms with Crippen LogP contribution in [-0.2, 0) is 0 Å². The van der Waals surface area contributed by atoms with E-state index in [0.29, 0.717) is 4.05 Å². The predicted octanol–water partition coefficient (Wildman–Crippen LogP) is 9.28. The van der Waals surface area contributed by atoms with Gasteiger partial charge in [0.05, 0.1) is 13.1 Å². The van der Waals surface area contributed by atoms with Gasteiger partial charge in [0.25, 0.3) is 0 Å². The molecule has 0 spiro atoms. The highest BCUT2D eigenvalue weighted by Gasteiger charge is 2.33. The van der Waals surface area contributed by atoms with E-state index < -0.39 is 0 Å². The molecule has 0 aromatic heterocycles. The molecule has 0 heterocycles. The van der Waals surface area contributed by atoms with Crippen molar-refractivity contribution < 1.29 is 4.48 Å². The lowest BCUT2D eigenvalue weighted by molar-refractivity contribution is -0.928. The van der Waals surface area contributed by atoms with Crippen LogP contribution < -0.4 is 0 Å². The Kier molecular flexibility index (Phi) is 21.7. The monoisotopic (exact) mass is 518 g/mol. The minimum Gasteiger partial charge on any atom is -0.303 e. The van der Waals surface area contributed by atoms with Crippen molar-refractivity contribution in [1.82, 2.24) is 0 Å². The third-order valence-electron chi connectivity index (χ3n) is 6.46. The second kappa shape index (κ2) is 21.5. The second-order valence-corrected chi connectivity index (χ2v) is 10.6. The van der Waals surface area contributed by atoms with Crippen LogP contribution in [0.4, 0.5) is 0 Å². The number of nitrogens with zero attached hydrogens (tertiary/aromatic N) is 1. The summed E-state index contributed by atoms with van der Waals surface area (Å²) in [6, 6.07) is 0. The largest absolute Gasteiger partial charge is 0.303 e. The fourth-order valence-electron chi connectivity index (χ4n) is 4.44. The van der Waals surface area contributed by atoms with Gasteiger partial charge in [0.15, 0.2) is 0 Å². The molecule has 0 saturated heterocycles. The molecule has 0 amide bonds. The molecule has 29 heavy (non-hydrogen) atoms. The summed E-state index contributed by atoms with van der Waals surface area (Å²) < 4.78 is 1.87. The molecule has 2 heteroatoms. The van der Waals surface area contributed by atoms with Crippen LogP contribution in [0.2, 0.25) is 0 Å². The first kappa shape index (κ1) is 29.2. The highest BCUT2D eigenvalue weighted by atomic mass is 127. The van der Waals surface area contributed by atoms with Gasteiger partial charge in [-0.1, -0.05) is 97.8 Å². The lowest BCUT2D eigenvalue weighted by atomic mass is 10.1. The summed E-state index contributed by atoms with van der Waals surface area (Å²) in [7, 11) is 0. The van der Waals surface area contributed by atoms with Crippen LogP contribution >= 0.6 is 22.6 Å². The smallest absolute Gasteiger partial charge is 0.141 e. The molecule has 1 unspecified atom stereocenters. The number of halogens is 1. The molecule has 172 valence electrons. The first-order chi connectivity index (χ1) is 14.2. The first-order valence-corrected chi connectivity index (χ1v) is 14.3. The maximum absolute atomic E-state index is 5.89. The number of terminal acetylenes is 1. The topological polar surface area (TPSA) is 0 Å². The van der Waals surface area contributed by atoms with E-state index in [9.17, 15) is 0 Å². The minimum absolute atomic E-state index is 0.691. The van der Waals surface area contributed by atoms with Crippen LogP contribution in [0, 0.1) is 12.3 Å². The van der Waals surface area contributed by atoms with Crippen molar-refractivity contribution in [3.8, 4) is 12.3 Å². The lowest BCUT2D eigenvalue weighted by Gasteiger charge is -2.42. The Hall–Kier alpha value is 0.250. The van der Waals surface area contributed by atoms with Crippen LogP contribution in [0.15, 0.2) is 0 Å². The quantitative estimate of drug-likeness (QED) is 0.0335. The van der Waals surface area contributed by atoms with Crippen molar-refractivity contribution in [2.45, 2.75) is 140 Å². The van der Waals surface area contributed by atoms with Gasteiger partial charge in [-0.3, -0.25) is 0 Å². The van der Waals surface area contributed by atoms with Gasteiger partial charge in [0, 0.05) is 6.42 Å². The van der Waals surface area contributed by atoms with Gasteiger partial charge < -0.3 is 4.48 Å². The van der Waals surface area contributed by atoms with E-state index in [1.807, 2.05) is 0 Å². The summed E-state index contributed by atoms with van der Waals surface area (Å²) in [6.07, 6.45) is 30.8. The van der Waals surface area contributed by atoms with Gasteiger partial charge in [0.1, 0.15) is 10.6 Å². The highest BCUT2D eigenvalue weighted by Crippen LogP contribution is 2.28.